The monoisotopic (exact) mass is 789 g/mol. The fourth-order valence-electron chi connectivity index (χ4n) is 6.49. The van der Waals surface area contributed by atoms with Gasteiger partial charge in [-0.05, 0) is 38.5 Å². The van der Waals surface area contributed by atoms with Crippen LogP contribution in [-0.2, 0) is 27.9 Å². The maximum atomic E-state index is 12.7. The first-order chi connectivity index (χ1) is 26.1. The van der Waals surface area contributed by atoms with E-state index >= 15 is 0 Å². The van der Waals surface area contributed by atoms with E-state index in [0.717, 1.165) is 38.5 Å². The van der Waals surface area contributed by atoms with Crippen molar-refractivity contribution in [1.82, 2.24) is 0 Å². The van der Waals surface area contributed by atoms with E-state index in [1.165, 1.54) is 154 Å². The molecule has 2 unspecified atom stereocenters. The number of esters is 1. The Bertz CT molecular complexity index is 879. The summed E-state index contributed by atoms with van der Waals surface area (Å²) < 4.78 is 35.0. The lowest BCUT2D eigenvalue weighted by atomic mass is 10.0. The Hall–Kier alpha value is -0.760. The lowest BCUT2D eigenvalue weighted by Crippen LogP contribution is -2.37. The van der Waals surface area contributed by atoms with Gasteiger partial charge in [0.2, 0.25) is 0 Å². The van der Waals surface area contributed by atoms with Gasteiger partial charge in [-0.15, -0.1) is 0 Å². The van der Waals surface area contributed by atoms with Gasteiger partial charge in [0.05, 0.1) is 34.4 Å². The molecular weight excluding hydrogens is 697 g/mol. The molecule has 0 aliphatic heterocycles. The highest BCUT2D eigenvalue weighted by Gasteiger charge is 2.26. The Kier molecular flexibility index (Phi) is 38.5. The van der Waals surface area contributed by atoms with Crippen molar-refractivity contribution in [1.29, 1.82) is 0 Å². The highest BCUT2D eigenvalue weighted by molar-refractivity contribution is 7.47. The van der Waals surface area contributed by atoms with Crippen molar-refractivity contribution in [3.05, 3.63) is 12.2 Å². The molecule has 0 aromatic carbocycles. The number of carbonyl (C=O) groups is 1. The summed E-state index contributed by atoms with van der Waals surface area (Å²) in [4.78, 5) is 22.9. The van der Waals surface area contributed by atoms with Crippen molar-refractivity contribution in [2.24, 2.45) is 0 Å². The third kappa shape index (κ3) is 42.4. The summed E-state index contributed by atoms with van der Waals surface area (Å²) in [5, 5.41) is 0. The summed E-state index contributed by atoms with van der Waals surface area (Å²) >= 11 is 0. The van der Waals surface area contributed by atoms with Gasteiger partial charge in [-0.25, -0.2) is 4.57 Å². The fraction of sp³-hybridized carbons (Fsp3) is 0.933. The molecule has 9 heteroatoms. The topological polar surface area (TPSA) is 91.3 Å². The Balaban J connectivity index is 4.15. The van der Waals surface area contributed by atoms with Gasteiger partial charge in [-0.2, -0.15) is 0 Å². The number of phosphoric acid groups is 1. The number of carbonyl (C=O) groups excluding carboxylic acids is 1. The van der Waals surface area contributed by atoms with Crippen LogP contribution in [0.15, 0.2) is 12.2 Å². The van der Waals surface area contributed by atoms with Gasteiger partial charge in [0.15, 0.2) is 0 Å². The minimum Gasteiger partial charge on any atom is -0.457 e. The van der Waals surface area contributed by atoms with E-state index in [0.29, 0.717) is 24.1 Å². The number of rotatable bonds is 43. The largest absolute Gasteiger partial charge is 0.472 e. The van der Waals surface area contributed by atoms with Crippen LogP contribution < -0.4 is 0 Å². The van der Waals surface area contributed by atoms with Crippen molar-refractivity contribution in [3.63, 3.8) is 0 Å². The second kappa shape index (κ2) is 39.1. The first-order valence-electron chi connectivity index (χ1n) is 22.9. The van der Waals surface area contributed by atoms with Crippen LogP contribution in [0.5, 0.6) is 0 Å². The smallest absolute Gasteiger partial charge is 0.457 e. The van der Waals surface area contributed by atoms with Gasteiger partial charge in [0.25, 0.3) is 0 Å². The van der Waals surface area contributed by atoms with E-state index in [-0.39, 0.29) is 25.8 Å². The van der Waals surface area contributed by atoms with Crippen LogP contribution in [0.3, 0.4) is 0 Å². The molecule has 0 aromatic rings. The van der Waals surface area contributed by atoms with Crippen molar-refractivity contribution in [2.45, 2.75) is 219 Å². The zero-order valence-corrected chi connectivity index (χ0v) is 37.4. The van der Waals surface area contributed by atoms with E-state index in [1.807, 2.05) is 21.1 Å². The molecule has 0 saturated heterocycles. The standard InChI is InChI=1S/C45H90NO7P/c1-6-8-10-12-14-16-18-20-21-22-23-24-25-27-29-31-33-35-37-40-50-42-44(43-52-54(48,49)51-41-39-46(3,4)5)53-45(47)38-36-34-32-30-28-26-19-17-15-13-11-9-7-2/h17,19,44H,6-16,18,20-43H2,1-5H3/p+1/b19-17-. The van der Waals surface area contributed by atoms with E-state index in [1.54, 1.807) is 0 Å². The number of phosphoric ester groups is 1. The summed E-state index contributed by atoms with van der Waals surface area (Å²) in [6.07, 6.45) is 42.4. The molecule has 0 saturated carbocycles. The molecule has 0 radical (unpaired) electrons. The number of ether oxygens (including phenoxy) is 2. The molecule has 0 rings (SSSR count). The molecule has 0 spiro atoms. The average Bonchev–Trinajstić information content (AvgIpc) is 3.12. The summed E-state index contributed by atoms with van der Waals surface area (Å²) in [6.45, 7) is 5.64. The molecule has 0 aromatic heterocycles. The SMILES string of the molecule is CCCCCC/C=C\CCCCCCCC(=O)OC(COCCCCCCCCCCCCCCCCCCCCC)COP(=O)(O)OCC[N+](C)(C)C. The van der Waals surface area contributed by atoms with Gasteiger partial charge in [0, 0.05) is 13.0 Å². The molecule has 54 heavy (non-hydrogen) atoms. The molecule has 0 aliphatic rings. The second-order valence-corrected chi connectivity index (χ2v) is 18.2. The molecule has 8 nitrogen and oxygen atoms in total. The zero-order chi connectivity index (χ0) is 39.9. The fourth-order valence-corrected chi connectivity index (χ4v) is 7.23. The van der Waals surface area contributed by atoms with Gasteiger partial charge in [-0.1, -0.05) is 180 Å². The molecule has 0 amide bonds. The highest BCUT2D eigenvalue weighted by atomic mass is 31.2. The number of likely N-dealkylation sites (N-methyl/N-ethyl adjacent to an activating group) is 1. The van der Waals surface area contributed by atoms with Crippen LogP contribution in [0.2, 0.25) is 0 Å². The van der Waals surface area contributed by atoms with Gasteiger partial charge < -0.3 is 18.9 Å². The lowest BCUT2D eigenvalue weighted by Gasteiger charge is -2.24. The number of unbranched alkanes of at least 4 members (excludes halogenated alkanes) is 27. The average molecular weight is 789 g/mol. The van der Waals surface area contributed by atoms with Crippen LogP contribution in [0, 0.1) is 0 Å². The number of nitrogens with zero attached hydrogens (tertiary/aromatic N) is 1. The third-order valence-corrected chi connectivity index (χ3v) is 11.1. The van der Waals surface area contributed by atoms with E-state index < -0.39 is 13.9 Å². The Morgan fingerprint density at radius 2 is 0.963 bits per heavy atom. The van der Waals surface area contributed by atoms with E-state index in [4.69, 9.17) is 18.5 Å². The van der Waals surface area contributed by atoms with Crippen LogP contribution >= 0.6 is 7.82 Å². The van der Waals surface area contributed by atoms with Crippen LogP contribution in [0.4, 0.5) is 0 Å². The molecule has 1 N–H and O–H groups in total. The Morgan fingerprint density at radius 1 is 0.556 bits per heavy atom. The molecule has 0 aliphatic carbocycles. The maximum Gasteiger partial charge on any atom is 0.472 e. The van der Waals surface area contributed by atoms with E-state index in [2.05, 4.69) is 26.0 Å². The van der Waals surface area contributed by atoms with Crippen LogP contribution in [0.25, 0.3) is 0 Å². The molecule has 2 atom stereocenters. The van der Waals surface area contributed by atoms with Gasteiger partial charge in [-0.3, -0.25) is 13.8 Å². The van der Waals surface area contributed by atoms with Crippen molar-refractivity contribution in [3.8, 4) is 0 Å². The Morgan fingerprint density at radius 3 is 1.43 bits per heavy atom. The molecular formula is C45H91NO7P+. The molecule has 0 heterocycles. The van der Waals surface area contributed by atoms with Crippen molar-refractivity contribution >= 4 is 13.8 Å². The number of hydrogen-bond donors (Lipinski definition) is 1. The van der Waals surface area contributed by atoms with Crippen LogP contribution in [0.1, 0.15) is 213 Å². The minimum absolute atomic E-state index is 0.0902. The molecule has 0 fully saturated rings. The van der Waals surface area contributed by atoms with E-state index in [9.17, 15) is 14.3 Å². The second-order valence-electron chi connectivity index (χ2n) is 16.8. The quantitative estimate of drug-likeness (QED) is 0.0216. The maximum absolute atomic E-state index is 12.7. The van der Waals surface area contributed by atoms with Crippen LogP contribution in [-0.4, -0.2) is 75.6 Å². The van der Waals surface area contributed by atoms with Gasteiger partial charge >= 0.3 is 13.8 Å². The van der Waals surface area contributed by atoms with Gasteiger partial charge in [0.1, 0.15) is 19.3 Å². The van der Waals surface area contributed by atoms with Crippen molar-refractivity contribution in [2.75, 3.05) is 54.1 Å². The molecule has 0 bridgehead atoms. The first-order valence-corrected chi connectivity index (χ1v) is 24.4. The first kappa shape index (κ1) is 53.2. The number of hydrogen-bond acceptors (Lipinski definition) is 6. The third-order valence-electron chi connectivity index (χ3n) is 10.1. The Labute approximate surface area is 335 Å². The lowest BCUT2D eigenvalue weighted by molar-refractivity contribution is -0.870. The summed E-state index contributed by atoms with van der Waals surface area (Å²) in [7, 11) is 1.67. The normalized spacial score (nSPS) is 13.8. The number of quaternary nitrogens is 1. The minimum atomic E-state index is -4.27. The predicted molar refractivity (Wildman–Crippen MR) is 229 cm³/mol. The van der Waals surface area contributed by atoms with Crippen molar-refractivity contribution < 1.29 is 37.3 Å². The number of allylic oxidation sites excluding steroid dienone is 2. The summed E-state index contributed by atoms with van der Waals surface area (Å²) in [5.41, 5.74) is 0. The summed E-state index contributed by atoms with van der Waals surface area (Å²) in [5.74, 6) is -0.319. The zero-order valence-electron chi connectivity index (χ0n) is 36.5. The predicted octanol–water partition coefficient (Wildman–Crippen LogP) is 13.4. The summed E-state index contributed by atoms with van der Waals surface area (Å²) in [6, 6.07) is 0. The molecule has 322 valence electrons. The highest BCUT2D eigenvalue weighted by Crippen LogP contribution is 2.43.